The van der Waals surface area contributed by atoms with Crippen LogP contribution in [0.25, 0.3) is 60.5 Å². The lowest BCUT2D eigenvalue weighted by atomic mass is 10.1. The van der Waals surface area contributed by atoms with E-state index in [4.69, 9.17) is 0 Å². The number of benzene rings is 4. The van der Waals surface area contributed by atoms with E-state index in [1.807, 2.05) is 24.5 Å². The third-order valence-electron chi connectivity index (χ3n) is 10.0. The van der Waals surface area contributed by atoms with E-state index >= 15 is 0 Å². The minimum absolute atomic E-state index is 0. The van der Waals surface area contributed by atoms with Crippen molar-refractivity contribution in [2.45, 2.75) is 66.7 Å². The SMILES string of the molecule is CCn1c2ccccc2c2cc(-n3c[n+](C(C)C)c4cccnc43)ccc21.CCn1c2ccccc2c2cc(Nc3ncccc3NC(C)C)ccc21.[I-]. The van der Waals surface area contributed by atoms with E-state index in [-0.39, 0.29) is 24.0 Å². The molecule has 2 N–H and O–H groups in total. The molecule has 0 saturated carbocycles. The first-order valence-electron chi connectivity index (χ1n) is 18.7. The summed E-state index contributed by atoms with van der Waals surface area (Å²) in [4.78, 5) is 9.17. The van der Waals surface area contributed by atoms with Crippen molar-refractivity contribution in [1.82, 2.24) is 23.7 Å². The van der Waals surface area contributed by atoms with Crippen molar-refractivity contribution in [3.8, 4) is 5.69 Å². The van der Waals surface area contributed by atoms with Crippen LogP contribution in [-0.2, 0) is 13.1 Å². The van der Waals surface area contributed by atoms with Crippen molar-refractivity contribution >= 4 is 72.0 Å². The number of imidazole rings is 1. The predicted octanol–water partition coefficient (Wildman–Crippen LogP) is 7.80. The Bertz CT molecular complexity index is 2730. The van der Waals surface area contributed by atoms with Crippen LogP contribution in [0.2, 0.25) is 0 Å². The molecule has 0 aliphatic heterocycles. The zero-order valence-corrected chi connectivity index (χ0v) is 33.9. The van der Waals surface area contributed by atoms with Crippen molar-refractivity contribution in [2.24, 2.45) is 0 Å². The van der Waals surface area contributed by atoms with Crippen LogP contribution in [0.4, 0.5) is 17.2 Å². The second-order valence-corrected chi connectivity index (χ2v) is 14.1. The Morgan fingerprint density at radius 3 is 1.87 bits per heavy atom. The van der Waals surface area contributed by atoms with Crippen LogP contribution in [0.15, 0.2) is 128 Å². The van der Waals surface area contributed by atoms with Gasteiger partial charge in [-0.25, -0.2) is 14.5 Å². The second kappa shape index (κ2) is 15.5. The largest absolute Gasteiger partial charge is 1.00 e. The zero-order chi connectivity index (χ0) is 36.6. The second-order valence-electron chi connectivity index (χ2n) is 14.1. The third-order valence-corrected chi connectivity index (χ3v) is 10.0. The minimum Gasteiger partial charge on any atom is -1.00 e. The number of aromatic nitrogens is 6. The molecular formula is C45H47IN8. The molecule has 54 heavy (non-hydrogen) atoms. The molecule has 9 aromatic rings. The lowest BCUT2D eigenvalue weighted by Gasteiger charge is -2.15. The molecule has 0 saturated heterocycles. The van der Waals surface area contributed by atoms with Gasteiger partial charge in [-0.1, -0.05) is 36.4 Å². The number of pyridine rings is 2. The first-order valence-corrected chi connectivity index (χ1v) is 18.7. The number of hydrogen-bond donors (Lipinski definition) is 2. The Kier molecular flexibility index (Phi) is 10.6. The van der Waals surface area contributed by atoms with E-state index in [1.165, 1.54) is 43.6 Å². The minimum atomic E-state index is 0. The fourth-order valence-electron chi connectivity index (χ4n) is 7.69. The summed E-state index contributed by atoms with van der Waals surface area (Å²) in [6.45, 7) is 15.0. The summed E-state index contributed by atoms with van der Waals surface area (Å²) in [7, 11) is 0. The average molecular weight is 827 g/mol. The van der Waals surface area contributed by atoms with Gasteiger partial charge in [0.1, 0.15) is 5.69 Å². The van der Waals surface area contributed by atoms with Crippen LogP contribution in [0.5, 0.6) is 0 Å². The van der Waals surface area contributed by atoms with Crippen molar-refractivity contribution in [3.05, 3.63) is 128 Å². The number of nitrogens with zero attached hydrogens (tertiary/aromatic N) is 6. The quantitative estimate of drug-likeness (QED) is 0.121. The van der Waals surface area contributed by atoms with Gasteiger partial charge in [-0.2, -0.15) is 4.57 Å². The first kappa shape index (κ1) is 36.9. The molecular weight excluding hydrogens is 779 g/mol. The number of para-hydroxylation sites is 2. The fourth-order valence-corrected chi connectivity index (χ4v) is 7.69. The summed E-state index contributed by atoms with van der Waals surface area (Å²) in [5, 5.41) is 12.1. The standard InChI is InChI=1S/C23H23N4.C22H24N4.HI/c1-4-25-20-9-6-5-8-18(20)19-14-17(11-12-21(19)25)27-15-26(16(2)3)22-10-7-13-24-23(22)27;1-4-26-20-10-6-5-8-17(20)18-14-16(11-12-21(18)26)25-22-19(24-15(2)3)9-7-13-23-22;/h5-16H,4H2,1-3H3;5-15,24H,4H2,1-3H3,(H,23,25);1H/q+1;;/p-1. The highest BCUT2D eigenvalue weighted by Crippen LogP contribution is 2.33. The summed E-state index contributed by atoms with van der Waals surface area (Å²) < 4.78 is 9.23. The van der Waals surface area contributed by atoms with Crippen LogP contribution in [0.1, 0.15) is 47.6 Å². The van der Waals surface area contributed by atoms with Crippen molar-refractivity contribution in [2.75, 3.05) is 10.6 Å². The molecule has 0 aliphatic carbocycles. The first-order chi connectivity index (χ1) is 25.9. The molecule has 0 fully saturated rings. The number of anilines is 3. The Labute approximate surface area is 333 Å². The average Bonchev–Trinajstić information content (AvgIpc) is 3.83. The van der Waals surface area contributed by atoms with Crippen molar-refractivity contribution in [3.63, 3.8) is 0 Å². The summed E-state index contributed by atoms with van der Waals surface area (Å²) in [6.07, 6.45) is 5.85. The topological polar surface area (TPSA) is 68.5 Å². The third kappa shape index (κ3) is 6.66. The van der Waals surface area contributed by atoms with E-state index in [0.717, 1.165) is 47.1 Å². The van der Waals surface area contributed by atoms with Gasteiger partial charge >= 0.3 is 0 Å². The number of halogens is 1. The molecule has 8 nitrogen and oxygen atoms in total. The molecule has 0 bridgehead atoms. The maximum atomic E-state index is 4.66. The molecule has 4 aromatic carbocycles. The van der Waals surface area contributed by atoms with Gasteiger partial charge in [0.25, 0.3) is 12.0 Å². The summed E-state index contributed by atoms with van der Waals surface area (Å²) >= 11 is 0. The van der Waals surface area contributed by atoms with Gasteiger partial charge in [-0.3, -0.25) is 0 Å². The summed E-state index contributed by atoms with van der Waals surface area (Å²) in [5.41, 5.74) is 10.5. The monoisotopic (exact) mass is 826 g/mol. The van der Waals surface area contributed by atoms with Crippen LogP contribution in [0, 0.1) is 0 Å². The van der Waals surface area contributed by atoms with Gasteiger partial charge in [-0.15, -0.1) is 0 Å². The summed E-state index contributed by atoms with van der Waals surface area (Å²) in [6, 6.07) is 39.4. The molecule has 0 atom stereocenters. The predicted molar refractivity (Wildman–Crippen MR) is 222 cm³/mol. The number of nitrogens with one attached hydrogen (secondary N) is 2. The molecule has 5 aromatic heterocycles. The molecule has 0 amide bonds. The lowest BCUT2D eigenvalue weighted by molar-refractivity contribution is -0.691. The van der Waals surface area contributed by atoms with E-state index in [2.05, 4.69) is 184 Å². The normalized spacial score (nSPS) is 11.5. The Morgan fingerprint density at radius 2 is 1.22 bits per heavy atom. The van der Waals surface area contributed by atoms with Crippen LogP contribution in [0.3, 0.4) is 0 Å². The molecule has 9 rings (SSSR count). The van der Waals surface area contributed by atoms with Crippen LogP contribution < -0.4 is 39.2 Å². The molecule has 5 heterocycles. The highest BCUT2D eigenvalue weighted by atomic mass is 127. The highest BCUT2D eigenvalue weighted by molar-refractivity contribution is 6.10. The fraction of sp³-hybridized carbons (Fsp3) is 0.222. The van der Waals surface area contributed by atoms with Crippen LogP contribution in [-0.4, -0.2) is 29.7 Å². The molecule has 0 aliphatic rings. The van der Waals surface area contributed by atoms with Gasteiger partial charge in [0.05, 0.1) is 11.7 Å². The number of fused-ring (bicyclic) bond motifs is 7. The maximum absolute atomic E-state index is 4.66. The van der Waals surface area contributed by atoms with Gasteiger partial charge in [0.15, 0.2) is 11.3 Å². The van der Waals surface area contributed by atoms with E-state index in [1.54, 1.807) is 0 Å². The van der Waals surface area contributed by atoms with E-state index < -0.39 is 0 Å². The Morgan fingerprint density at radius 1 is 0.630 bits per heavy atom. The van der Waals surface area contributed by atoms with Gasteiger partial charge < -0.3 is 43.7 Å². The molecule has 274 valence electrons. The molecule has 9 heteroatoms. The summed E-state index contributed by atoms with van der Waals surface area (Å²) in [5.74, 6) is 0.847. The molecule has 0 unspecified atom stereocenters. The number of rotatable bonds is 8. The number of aryl methyl sites for hydroxylation is 2. The molecule has 0 spiro atoms. The maximum Gasteiger partial charge on any atom is 0.273 e. The Hall–Kier alpha value is -5.42. The van der Waals surface area contributed by atoms with E-state index in [9.17, 15) is 0 Å². The van der Waals surface area contributed by atoms with E-state index in [0.29, 0.717) is 12.1 Å². The van der Waals surface area contributed by atoms with Crippen molar-refractivity contribution in [1.29, 1.82) is 0 Å². The smallest absolute Gasteiger partial charge is 0.273 e. The van der Waals surface area contributed by atoms with Gasteiger partial charge in [0.2, 0.25) is 0 Å². The lowest BCUT2D eigenvalue weighted by Crippen LogP contribution is -3.00. The molecule has 0 radical (unpaired) electrons. The van der Waals surface area contributed by atoms with Gasteiger partial charge in [0, 0.05) is 80.8 Å². The Balaban J connectivity index is 0.000000164. The van der Waals surface area contributed by atoms with Crippen LogP contribution >= 0.6 is 0 Å². The zero-order valence-electron chi connectivity index (χ0n) is 31.8. The number of hydrogen-bond acceptors (Lipinski definition) is 4. The highest BCUT2D eigenvalue weighted by Gasteiger charge is 2.21. The van der Waals surface area contributed by atoms with Crippen molar-refractivity contribution < 1.29 is 28.5 Å². The van der Waals surface area contributed by atoms with Gasteiger partial charge in [-0.05, 0) is 114 Å².